The standard InChI is InChI=1S/C13H11BrN2OS/c14-12-3-1-2-10(15-12)13(17)16-6-4-11-9(8-16)5-7-18-11/h1-3,5,7H,4,6,8H2. The molecule has 0 unspecified atom stereocenters. The van der Waals surface area contributed by atoms with Crippen molar-refractivity contribution in [1.82, 2.24) is 9.88 Å². The summed E-state index contributed by atoms with van der Waals surface area (Å²) in [4.78, 5) is 19.8. The molecule has 92 valence electrons. The second kappa shape index (κ2) is 4.82. The van der Waals surface area contributed by atoms with Crippen LogP contribution in [0.5, 0.6) is 0 Å². The average molecular weight is 323 g/mol. The van der Waals surface area contributed by atoms with Gasteiger partial charge < -0.3 is 4.90 Å². The lowest BCUT2D eigenvalue weighted by atomic mass is 10.1. The van der Waals surface area contributed by atoms with E-state index in [0.717, 1.165) is 13.0 Å². The van der Waals surface area contributed by atoms with Crippen molar-refractivity contribution in [2.24, 2.45) is 0 Å². The van der Waals surface area contributed by atoms with Crippen molar-refractivity contribution in [2.45, 2.75) is 13.0 Å². The number of halogens is 1. The first-order valence-corrected chi connectivity index (χ1v) is 7.38. The molecule has 0 aliphatic carbocycles. The normalized spacial score (nSPS) is 14.4. The summed E-state index contributed by atoms with van der Waals surface area (Å²) in [6.07, 6.45) is 0.951. The maximum absolute atomic E-state index is 12.3. The van der Waals surface area contributed by atoms with Crippen LogP contribution in [0.4, 0.5) is 0 Å². The lowest BCUT2D eigenvalue weighted by molar-refractivity contribution is 0.0729. The number of aromatic nitrogens is 1. The quantitative estimate of drug-likeness (QED) is 0.756. The van der Waals surface area contributed by atoms with Crippen molar-refractivity contribution in [3.8, 4) is 0 Å². The molecular formula is C13H11BrN2OS. The van der Waals surface area contributed by atoms with Crippen molar-refractivity contribution >= 4 is 33.2 Å². The largest absolute Gasteiger partial charge is 0.333 e. The van der Waals surface area contributed by atoms with Gasteiger partial charge in [-0.15, -0.1) is 11.3 Å². The van der Waals surface area contributed by atoms with Crippen molar-refractivity contribution < 1.29 is 4.79 Å². The Balaban J connectivity index is 1.83. The number of rotatable bonds is 1. The van der Waals surface area contributed by atoms with Crippen molar-refractivity contribution in [3.05, 3.63) is 50.4 Å². The van der Waals surface area contributed by atoms with E-state index in [4.69, 9.17) is 0 Å². The first-order chi connectivity index (χ1) is 8.74. The van der Waals surface area contributed by atoms with Crippen LogP contribution in [0.15, 0.2) is 34.2 Å². The monoisotopic (exact) mass is 322 g/mol. The predicted molar refractivity (Wildman–Crippen MR) is 74.7 cm³/mol. The second-order valence-electron chi connectivity index (χ2n) is 4.19. The van der Waals surface area contributed by atoms with Crippen molar-refractivity contribution in [3.63, 3.8) is 0 Å². The topological polar surface area (TPSA) is 33.2 Å². The molecule has 1 amide bonds. The van der Waals surface area contributed by atoms with Crippen LogP contribution in [0, 0.1) is 0 Å². The van der Waals surface area contributed by atoms with Crippen LogP contribution >= 0.6 is 27.3 Å². The number of hydrogen-bond acceptors (Lipinski definition) is 3. The summed E-state index contributed by atoms with van der Waals surface area (Å²) in [5, 5.41) is 2.09. The van der Waals surface area contributed by atoms with Gasteiger partial charge in [-0.1, -0.05) is 6.07 Å². The number of carbonyl (C=O) groups excluding carboxylic acids is 1. The van der Waals surface area contributed by atoms with Gasteiger partial charge in [0.25, 0.3) is 5.91 Å². The molecule has 3 rings (SSSR count). The van der Waals surface area contributed by atoms with E-state index in [0.29, 0.717) is 16.8 Å². The third kappa shape index (κ3) is 2.20. The Hall–Kier alpha value is -1.20. The summed E-state index contributed by atoms with van der Waals surface area (Å²) in [6, 6.07) is 7.53. The van der Waals surface area contributed by atoms with Gasteiger partial charge in [-0.2, -0.15) is 0 Å². The Kier molecular flexibility index (Phi) is 3.18. The van der Waals surface area contributed by atoms with Crippen LogP contribution < -0.4 is 0 Å². The molecule has 0 saturated carbocycles. The van der Waals surface area contributed by atoms with Gasteiger partial charge in [0, 0.05) is 18.0 Å². The molecule has 3 heterocycles. The number of nitrogens with zero attached hydrogens (tertiary/aromatic N) is 2. The molecule has 18 heavy (non-hydrogen) atoms. The van der Waals surface area contributed by atoms with E-state index in [1.807, 2.05) is 17.0 Å². The predicted octanol–water partition coefficient (Wildman–Crippen LogP) is 3.10. The fourth-order valence-electron chi connectivity index (χ4n) is 2.11. The third-order valence-corrected chi connectivity index (χ3v) is 4.49. The number of amides is 1. The molecule has 0 fully saturated rings. The summed E-state index contributed by atoms with van der Waals surface area (Å²) < 4.78 is 0.696. The minimum Gasteiger partial charge on any atom is -0.333 e. The molecular weight excluding hydrogens is 312 g/mol. The van der Waals surface area contributed by atoms with E-state index in [2.05, 4.69) is 32.4 Å². The Labute approximate surface area is 118 Å². The van der Waals surface area contributed by atoms with Crippen LogP contribution in [0.3, 0.4) is 0 Å². The van der Waals surface area contributed by atoms with Gasteiger partial charge in [-0.3, -0.25) is 4.79 Å². The van der Waals surface area contributed by atoms with Gasteiger partial charge in [0.05, 0.1) is 0 Å². The Morgan fingerprint density at radius 2 is 2.28 bits per heavy atom. The molecule has 2 aromatic rings. The summed E-state index contributed by atoms with van der Waals surface area (Å²) in [6.45, 7) is 1.48. The Bertz CT molecular complexity index is 596. The van der Waals surface area contributed by atoms with Gasteiger partial charge in [0.15, 0.2) is 0 Å². The van der Waals surface area contributed by atoms with Crippen LogP contribution in [0.1, 0.15) is 20.9 Å². The number of pyridine rings is 1. The van der Waals surface area contributed by atoms with Gasteiger partial charge in [0.1, 0.15) is 10.3 Å². The molecule has 0 atom stereocenters. The fourth-order valence-corrected chi connectivity index (χ4v) is 3.34. The minimum atomic E-state index is 0.00755. The second-order valence-corrected chi connectivity index (χ2v) is 6.00. The number of fused-ring (bicyclic) bond motifs is 1. The number of carbonyl (C=O) groups is 1. The highest BCUT2D eigenvalue weighted by Gasteiger charge is 2.23. The average Bonchev–Trinajstić information content (AvgIpc) is 2.85. The van der Waals surface area contributed by atoms with Gasteiger partial charge in [0.2, 0.25) is 0 Å². The number of hydrogen-bond donors (Lipinski definition) is 0. The highest BCUT2D eigenvalue weighted by Crippen LogP contribution is 2.24. The van der Waals surface area contributed by atoms with Gasteiger partial charge >= 0.3 is 0 Å². The van der Waals surface area contributed by atoms with Crippen LogP contribution in [-0.2, 0) is 13.0 Å². The molecule has 0 saturated heterocycles. The van der Waals surface area contributed by atoms with Gasteiger partial charge in [-0.05, 0) is 51.5 Å². The van der Waals surface area contributed by atoms with Crippen LogP contribution in [0.2, 0.25) is 0 Å². The zero-order valence-corrected chi connectivity index (χ0v) is 12.0. The molecule has 0 aromatic carbocycles. The molecule has 5 heteroatoms. The lowest BCUT2D eigenvalue weighted by Gasteiger charge is -2.26. The molecule has 0 bridgehead atoms. The molecule has 2 aromatic heterocycles. The maximum atomic E-state index is 12.3. The van der Waals surface area contributed by atoms with E-state index in [1.54, 1.807) is 17.4 Å². The Morgan fingerprint density at radius 3 is 3.11 bits per heavy atom. The maximum Gasteiger partial charge on any atom is 0.272 e. The Morgan fingerprint density at radius 1 is 1.39 bits per heavy atom. The summed E-state index contributed by atoms with van der Waals surface area (Å²) in [5.74, 6) is 0.00755. The zero-order valence-electron chi connectivity index (χ0n) is 9.60. The lowest BCUT2D eigenvalue weighted by Crippen LogP contribution is -2.35. The minimum absolute atomic E-state index is 0.00755. The highest BCUT2D eigenvalue weighted by atomic mass is 79.9. The summed E-state index contributed by atoms with van der Waals surface area (Å²) >= 11 is 5.07. The fraction of sp³-hybridized carbons (Fsp3) is 0.231. The van der Waals surface area contributed by atoms with E-state index in [9.17, 15) is 4.79 Å². The van der Waals surface area contributed by atoms with Crippen molar-refractivity contribution in [2.75, 3.05) is 6.54 Å². The number of thiophene rings is 1. The van der Waals surface area contributed by atoms with E-state index in [1.165, 1.54) is 10.4 Å². The first-order valence-electron chi connectivity index (χ1n) is 5.71. The summed E-state index contributed by atoms with van der Waals surface area (Å²) in [5.41, 5.74) is 1.78. The van der Waals surface area contributed by atoms with Crippen LogP contribution in [0.25, 0.3) is 0 Å². The van der Waals surface area contributed by atoms with Crippen LogP contribution in [-0.4, -0.2) is 22.3 Å². The SMILES string of the molecule is O=C(c1cccc(Br)n1)N1CCc2sccc2C1. The molecule has 0 N–H and O–H groups in total. The summed E-state index contributed by atoms with van der Waals surface area (Å²) in [7, 11) is 0. The highest BCUT2D eigenvalue weighted by molar-refractivity contribution is 9.10. The molecule has 3 nitrogen and oxygen atoms in total. The van der Waals surface area contributed by atoms with E-state index >= 15 is 0 Å². The molecule has 0 spiro atoms. The van der Waals surface area contributed by atoms with Crippen molar-refractivity contribution in [1.29, 1.82) is 0 Å². The van der Waals surface area contributed by atoms with E-state index in [-0.39, 0.29) is 5.91 Å². The zero-order chi connectivity index (χ0) is 12.5. The smallest absolute Gasteiger partial charge is 0.272 e. The molecule has 0 radical (unpaired) electrons. The van der Waals surface area contributed by atoms with Gasteiger partial charge in [-0.25, -0.2) is 4.98 Å². The molecule has 1 aliphatic heterocycles. The van der Waals surface area contributed by atoms with E-state index < -0.39 is 0 Å². The third-order valence-electron chi connectivity index (χ3n) is 3.03. The molecule has 1 aliphatic rings. The first kappa shape index (κ1) is 11.9.